The Morgan fingerprint density at radius 2 is 1.77 bits per heavy atom. The molecular formula is C30H36F3N7O3. The van der Waals surface area contributed by atoms with Crippen molar-refractivity contribution in [2.24, 2.45) is 0 Å². The van der Waals surface area contributed by atoms with Crippen LogP contribution in [0.15, 0.2) is 18.3 Å². The molecule has 3 fully saturated rings. The second-order valence-electron chi connectivity index (χ2n) is 11.8. The number of piperidine rings is 1. The van der Waals surface area contributed by atoms with Gasteiger partial charge in [0.15, 0.2) is 0 Å². The van der Waals surface area contributed by atoms with Crippen molar-refractivity contribution in [2.75, 3.05) is 56.6 Å². The highest BCUT2D eigenvalue weighted by Gasteiger charge is 2.36. The van der Waals surface area contributed by atoms with Gasteiger partial charge in [0.1, 0.15) is 17.2 Å². The van der Waals surface area contributed by atoms with Gasteiger partial charge in [-0.25, -0.2) is 0 Å². The molecule has 3 aliphatic heterocycles. The van der Waals surface area contributed by atoms with Gasteiger partial charge in [-0.05, 0) is 37.8 Å². The van der Waals surface area contributed by atoms with E-state index in [1.807, 2.05) is 4.90 Å². The molecule has 1 saturated carbocycles. The zero-order valence-corrected chi connectivity index (χ0v) is 23.9. The molecule has 230 valence electrons. The predicted octanol–water partition coefficient (Wildman–Crippen LogP) is 4.95. The van der Waals surface area contributed by atoms with Gasteiger partial charge in [-0.15, -0.1) is 0 Å². The number of anilines is 3. The van der Waals surface area contributed by atoms with E-state index in [9.17, 15) is 18.0 Å². The lowest BCUT2D eigenvalue weighted by atomic mass is 9.99. The lowest BCUT2D eigenvalue weighted by molar-refractivity contribution is -0.136. The monoisotopic (exact) mass is 599 g/mol. The smallest absolute Gasteiger partial charge is 0.418 e. The first-order valence-corrected chi connectivity index (χ1v) is 15.2. The van der Waals surface area contributed by atoms with Gasteiger partial charge >= 0.3 is 6.18 Å². The molecule has 0 unspecified atom stereocenters. The van der Waals surface area contributed by atoms with Crippen LogP contribution in [0.3, 0.4) is 0 Å². The number of aromatic nitrogens is 3. The van der Waals surface area contributed by atoms with Crippen molar-refractivity contribution in [3.05, 3.63) is 35.0 Å². The van der Waals surface area contributed by atoms with E-state index in [1.54, 1.807) is 12.1 Å². The SMILES string of the molecule is O=C(c1ccc(Nc2nc(NC3CCCC3)c3c(C(F)(F)F)c[nH]c3n2)c2c1CCO2)N1CCC(N2CCOCC2)CC1. The average molecular weight is 600 g/mol. The number of rotatable bonds is 6. The molecule has 5 heterocycles. The van der Waals surface area contributed by atoms with Crippen molar-refractivity contribution in [3.63, 3.8) is 0 Å². The summed E-state index contributed by atoms with van der Waals surface area (Å²) in [5, 5.41) is 6.35. The highest BCUT2D eigenvalue weighted by atomic mass is 19.4. The zero-order chi connectivity index (χ0) is 29.6. The minimum atomic E-state index is -4.54. The second-order valence-corrected chi connectivity index (χ2v) is 11.8. The van der Waals surface area contributed by atoms with Gasteiger partial charge in [0.25, 0.3) is 5.91 Å². The minimum Gasteiger partial charge on any atom is -0.491 e. The molecule has 1 aliphatic carbocycles. The van der Waals surface area contributed by atoms with Crippen molar-refractivity contribution in [2.45, 2.75) is 63.2 Å². The molecule has 7 rings (SSSR count). The molecule has 43 heavy (non-hydrogen) atoms. The average Bonchev–Trinajstić information content (AvgIpc) is 3.79. The van der Waals surface area contributed by atoms with E-state index in [0.717, 1.165) is 76.6 Å². The van der Waals surface area contributed by atoms with Crippen LogP contribution >= 0.6 is 0 Å². The molecular weight excluding hydrogens is 563 g/mol. The van der Waals surface area contributed by atoms with Crippen molar-refractivity contribution in [1.29, 1.82) is 0 Å². The first-order chi connectivity index (χ1) is 20.8. The van der Waals surface area contributed by atoms with Crippen molar-refractivity contribution >= 4 is 34.4 Å². The van der Waals surface area contributed by atoms with Gasteiger partial charge in [0.05, 0.1) is 36.5 Å². The molecule has 13 heteroatoms. The largest absolute Gasteiger partial charge is 0.491 e. The number of H-pyrrole nitrogens is 1. The standard InChI is InChI=1S/C30H36F3N7O3/c31-30(32,33)22-17-34-26-24(22)27(35-18-3-1-2-4-18)38-29(37-26)36-23-6-5-21(20-9-14-43-25(20)23)28(41)40-10-7-19(8-11-40)39-12-15-42-16-13-39/h5-6,17-19H,1-4,7-16H2,(H3,34,35,36,37,38). The van der Waals surface area contributed by atoms with E-state index in [4.69, 9.17) is 9.47 Å². The van der Waals surface area contributed by atoms with Crippen LogP contribution in [0.2, 0.25) is 0 Å². The third kappa shape index (κ3) is 5.60. The molecule has 1 aromatic carbocycles. The molecule has 2 aromatic heterocycles. The molecule has 0 atom stereocenters. The summed E-state index contributed by atoms with van der Waals surface area (Å²) < 4.78 is 52.9. The van der Waals surface area contributed by atoms with Gasteiger partial charge in [-0.3, -0.25) is 9.69 Å². The summed E-state index contributed by atoms with van der Waals surface area (Å²) >= 11 is 0. The maximum Gasteiger partial charge on any atom is 0.418 e. The number of aromatic amines is 1. The Hall–Kier alpha value is -3.58. The Morgan fingerprint density at radius 1 is 1.00 bits per heavy atom. The number of carbonyl (C=O) groups is 1. The first-order valence-electron chi connectivity index (χ1n) is 15.2. The Labute approximate surface area is 247 Å². The molecule has 4 aliphatic rings. The summed E-state index contributed by atoms with van der Waals surface area (Å²) in [5.41, 5.74) is 1.33. The fraction of sp³-hybridized carbons (Fsp3) is 0.567. The fourth-order valence-electron chi connectivity index (χ4n) is 6.94. The lowest BCUT2D eigenvalue weighted by Gasteiger charge is -2.40. The number of hydrogen-bond acceptors (Lipinski definition) is 8. The van der Waals surface area contributed by atoms with Crippen LogP contribution < -0.4 is 15.4 Å². The number of amides is 1. The highest BCUT2D eigenvalue weighted by Crippen LogP contribution is 2.41. The number of nitrogens with one attached hydrogen (secondary N) is 3. The Bertz CT molecular complexity index is 1490. The van der Waals surface area contributed by atoms with Crippen molar-refractivity contribution in [3.8, 4) is 5.75 Å². The number of halogens is 3. The molecule has 0 bridgehead atoms. The van der Waals surface area contributed by atoms with Crippen LogP contribution in [0.4, 0.5) is 30.6 Å². The Kier molecular flexibility index (Phi) is 7.54. The maximum atomic E-state index is 13.8. The highest BCUT2D eigenvalue weighted by molar-refractivity contribution is 5.98. The number of hydrogen-bond donors (Lipinski definition) is 3. The van der Waals surface area contributed by atoms with Crippen LogP contribution in [0.25, 0.3) is 11.0 Å². The number of likely N-dealkylation sites (tertiary alicyclic amines) is 1. The molecule has 1 amide bonds. The number of benzene rings is 1. The zero-order valence-electron chi connectivity index (χ0n) is 23.9. The van der Waals surface area contributed by atoms with E-state index >= 15 is 0 Å². The predicted molar refractivity (Wildman–Crippen MR) is 155 cm³/mol. The third-order valence-corrected chi connectivity index (χ3v) is 9.18. The van der Waals surface area contributed by atoms with E-state index in [2.05, 4.69) is 30.5 Å². The summed E-state index contributed by atoms with van der Waals surface area (Å²) in [7, 11) is 0. The molecule has 3 N–H and O–H groups in total. The van der Waals surface area contributed by atoms with Gasteiger partial charge in [0, 0.05) is 62.0 Å². The van der Waals surface area contributed by atoms with Crippen LogP contribution in [-0.4, -0.2) is 88.7 Å². The topological polar surface area (TPSA) is 108 Å². The van der Waals surface area contributed by atoms with Gasteiger partial charge in [-0.2, -0.15) is 23.1 Å². The molecule has 0 radical (unpaired) electrons. The van der Waals surface area contributed by atoms with Crippen LogP contribution in [0.5, 0.6) is 5.75 Å². The van der Waals surface area contributed by atoms with Crippen molar-refractivity contribution < 1.29 is 27.4 Å². The third-order valence-electron chi connectivity index (χ3n) is 9.18. The summed E-state index contributed by atoms with van der Waals surface area (Å²) in [5.74, 6) is 0.856. The number of carbonyl (C=O) groups excluding carboxylic acids is 1. The number of nitrogens with zero attached hydrogens (tertiary/aromatic N) is 4. The number of morpholine rings is 1. The van der Waals surface area contributed by atoms with Gasteiger partial charge in [0.2, 0.25) is 5.95 Å². The van der Waals surface area contributed by atoms with Crippen molar-refractivity contribution in [1.82, 2.24) is 24.8 Å². The summed E-state index contributed by atoms with van der Waals surface area (Å²) in [6.07, 6.45) is 2.67. The van der Waals surface area contributed by atoms with Gasteiger partial charge < -0.3 is 30.0 Å². The summed E-state index contributed by atoms with van der Waals surface area (Å²) in [6.45, 7) is 5.27. The van der Waals surface area contributed by atoms with E-state index in [1.165, 1.54) is 0 Å². The number of ether oxygens (including phenoxy) is 2. The van der Waals surface area contributed by atoms with E-state index in [0.29, 0.717) is 49.2 Å². The lowest BCUT2D eigenvalue weighted by Crippen LogP contribution is -2.50. The normalized spacial score (nSPS) is 20.4. The van der Waals surface area contributed by atoms with Crippen LogP contribution in [-0.2, 0) is 17.3 Å². The molecule has 10 nitrogen and oxygen atoms in total. The quantitative estimate of drug-likeness (QED) is 0.366. The molecule has 3 aromatic rings. The number of alkyl halides is 3. The second kappa shape index (κ2) is 11.5. The van der Waals surface area contributed by atoms with Crippen LogP contribution in [0, 0.1) is 0 Å². The summed E-state index contributed by atoms with van der Waals surface area (Å²) in [6, 6.07) is 4.11. The fourth-order valence-corrected chi connectivity index (χ4v) is 6.94. The molecule has 0 spiro atoms. The molecule has 2 saturated heterocycles. The van der Waals surface area contributed by atoms with E-state index < -0.39 is 11.7 Å². The minimum absolute atomic E-state index is 0.000475. The maximum absolute atomic E-state index is 13.8. The Morgan fingerprint density at radius 3 is 2.51 bits per heavy atom. The Balaban J connectivity index is 1.12. The number of fused-ring (bicyclic) bond motifs is 2. The first kappa shape index (κ1) is 28.2. The summed E-state index contributed by atoms with van der Waals surface area (Å²) in [4.78, 5) is 29.6. The van der Waals surface area contributed by atoms with Crippen LogP contribution in [0.1, 0.15) is 60.0 Å². The van der Waals surface area contributed by atoms with Gasteiger partial charge in [-0.1, -0.05) is 12.8 Å². The van der Waals surface area contributed by atoms with E-state index in [-0.39, 0.29) is 34.7 Å².